The van der Waals surface area contributed by atoms with E-state index in [1.165, 1.54) is 0 Å². The fraction of sp³-hybridized carbons (Fsp3) is 0.833. The highest BCUT2D eigenvalue weighted by molar-refractivity contribution is 5.90. The molecule has 1 rings (SSSR count). The molecule has 1 saturated carbocycles. The molecule has 0 amide bonds. The first-order chi connectivity index (χ1) is 7.14. The van der Waals surface area contributed by atoms with Gasteiger partial charge < -0.3 is 4.74 Å². The normalized spacial score (nSPS) is 26.4. The molecule has 0 radical (unpaired) electrons. The molecule has 0 spiro atoms. The van der Waals surface area contributed by atoms with Crippen LogP contribution in [0.2, 0.25) is 0 Å². The summed E-state index contributed by atoms with van der Waals surface area (Å²) >= 11 is 0. The zero-order valence-corrected chi connectivity index (χ0v) is 9.67. The Labute approximate surface area is 91.2 Å². The number of carbonyl (C=O) groups excluding carboxylic acids is 2. The van der Waals surface area contributed by atoms with Crippen LogP contribution in [0.15, 0.2) is 0 Å². The number of esters is 1. The Morgan fingerprint density at radius 2 is 2.13 bits per heavy atom. The van der Waals surface area contributed by atoms with Crippen LogP contribution in [0.3, 0.4) is 0 Å². The van der Waals surface area contributed by atoms with Gasteiger partial charge in [-0.2, -0.15) is 0 Å². The van der Waals surface area contributed by atoms with Gasteiger partial charge in [0, 0.05) is 12.8 Å². The number of rotatable bonds is 4. The van der Waals surface area contributed by atoms with Crippen LogP contribution in [0.4, 0.5) is 0 Å². The van der Waals surface area contributed by atoms with Crippen molar-refractivity contribution in [2.75, 3.05) is 0 Å². The van der Waals surface area contributed by atoms with E-state index >= 15 is 0 Å². The Kier molecular flexibility index (Phi) is 4.30. The van der Waals surface area contributed by atoms with Crippen molar-refractivity contribution in [1.82, 2.24) is 0 Å². The molecule has 0 aliphatic heterocycles. The third-order valence-electron chi connectivity index (χ3n) is 2.99. The van der Waals surface area contributed by atoms with E-state index < -0.39 is 5.60 Å². The van der Waals surface area contributed by atoms with E-state index in [0.717, 1.165) is 19.3 Å². The molecule has 3 heteroatoms. The van der Waals surface area contributed by atoms with E-state index in [-0.39, 0.29) is 11.8 Å². The number of ketones is 1. The summed E-state index contributed by atoms with van der Waals surface area (Å²) in [4.78, 5) is 23.2. The van der Waals surface area contributed by atoms with Gasteiger partial charge in [0.2, 0.25) is 0 Å². The Hall–Kier alpha value is -0.860. The molecule has 1 aliphatic rings. The maximum atomic E-state index is 11.9. The minimum atomic E-state index is -0.778. The Balaban J connectivity index is 2.75. The van der Waals surface area contributed by atoms with E-state index in [0.29, 0.717) is 25.7 Å². The first-order valence-corrected chi connectivity index (χ1v) is 5.89. The van der Waals surface area contributed by atoms with Crippen molar-refractivity contribution >= 4 is 11.8 Å². The van der Waals surface area contributed by atoms with Crippen LogP contribution in [0.5, 0.6) is 0 Å². The number of ether oxygens (including phenoxy) is 1. The second-order valence-electron chi connectivity index (χ2n) is 4.20. The van der Waals surface area contributed by atoms with E-state index in [1.54, 1.807) is 6.92 Å². The van der Waals surface area contributed by atoms with Crippen LogP contribution in [0, 0.1) is 0 Å². The predicted molar refractivity (Wildman–Crippen MR) is 57.5 cm³/mol. The molecule has 1 fully saturated rings. The molecular formula is C12H20O3. The third-order valence-corrected chi connectivity index (χ3v) is 2.99. The van der Waals surface area contributed by atoms with Gasteiger partial charge in [0.05, 0.1) is 0 Å². The zero-order chi connectivity index (χ0) is 11.3. The lowest BCUT2D eigenvalue weighted by molar-refractivity contribution is -0.171. The molecule has 0 aromatic heterocycles. The van der Waals surface area contributed by atoms with Crippen LogP contribution in [0.25, 0.3) is 0 Å². The van der Waals surface area contributed by atoms with E-state index in [2.05, 4.69) is 0 Å². The molecule has 1 aliphatic carbocycles. The summed E-state index contributed by atoms with van der Waals surface area (Å²) in [6.07, 6.45) is 5.11. The van der Waals surface area contributed by atoms with Crippen molar-refractivity contribution in [3.63, 3.8) is 0 Å². The van der Waals surface area contributed by atoms with Gasteiger partial charge in [-0.3, -0.25) is 9.59 Å². The highest BCUT2D eigenvalue weighted by atomic mass is 16.6. The highest BCUT2D eigenvalue weighted by Gasteiger charge is 2.42. The standard InChI is InChI=1S/C12H20O3/c1-3-8-12(15-11(14)4-2)9-6-5-7-10(12)13/h3-9H2,1-2H3. The average Bonchev–Trinajstić information content (AvgIpc) is 2.23. The van der Waals surface area contributed by atoms with Crippen LogP contribution in [-0.4, -0.2) is 17.4 Å². The van der Waals surface area contributed by atoms with Gasteiger partial charge in [0.15, 0.2) is 11.4 Å². The van der Waals surface area contributed by atoms with Crippen LogP contribution >= 0.6 is 0 Å². The van der Waals surface area contributed by atoms with Crippen molar-refractivity contribution < 1.29 is 14.3 Å². The molecule has 0 bridgehead atoms. The van der Waals surface area contributed by atoms with E-state index in [1.807, 2.05) is 6.92 Å². The Morgan fingerprint density at radius 3 is 2.67 bits per heavy atom. The summed E-state index contributed by atoms with van der Waals surface area (Å²) in [7, 11) is 0. The molecule has 1 unspecified atom stereocenters. The lowest BCUT2D eigenvalue weighted by atomic mass is 9.80. The first-order valence-electron chi connectivity index (χ1n) is 5.89. The monoisotopic (exact) mass is 212 g/mol. The summed E-state index contributed by atoms with van der Waals surface area (Å²) < 4.78 is 5.39. The van der Waals surface area contributed by atoms with Crippen molar-refractivity contribution in [2.24, 2.45) is 0 Å². The zero-order valence-electron chi connectivity index (χ0n) is 9.67. The fourth-order valence-electron chi connectivity index (χ4n) is 2.18. The summed E-state index contributed by atoms with van der Waals surface area (Å²) in [5.74, 6) is -0.129. The lowest BCUT2D eigenvalue weighted by Gasteiger charge is -2.35. The van der Waals surface area contributed by atoms with Crippen molar-refractivity contribution in [1.29, 1.82) is 0 Å². The van der Waals surface area contributed by atoms with Crippen molar-refractivity contribution in [3.8, 4) is 0 Å². The van der Waals surface area contributed by atoms with Gasteiger partial charge in [0.1, 0.15) is 0 Å². The minimum Gasteiger partial charge on any atom is -0.451 e. The number of hydrogen-bond acceptors (Lipinski definition) is 3. The molecule has 15 heavy (non-hydrogen) atoms. The summed E-state index contributed by atoms with van der Waals surface area (Å²) in [6.45, 7) is 3.78. The Bertz CT molecular complexity index is 243. The summed E-state index contributed by atoms with van der Waals surface area (Å²) in [5.41, 5.74) is -0.778. The van der Waals surface area contributed by atoms with Gasteiger partial charge in [-0.15, -0.1) is 0 Å². The molecular weight excluding hydrogens is 192 g/mol. The van der Waals surface area contributed by atoms with Gasteiger partial charge in [0.25, 0.3) is 0 Å². The minimum absolute atomic E-state index is 0.123. The SMILES string of the molecule is CCCC1(OC(=O)CC)CCCCC1=O. The Morgan fingerprint density at radius 1 is 1.40 bits per heavy atom. The van der Waals surface area contributed by atoms with Crippen LogP contribution in [0.1, 0.15) is 58.8 Å². The quantitative estimate of drug-likeness (QED) is 0.673. The summed E-state index contributed by atoms with van der Waals surface area (Å²) in [5, 5.41) is 0. The molecule has 0 N–H and O–H groups in total. The molecule has 0 aromatic rings. The van der Waals surface area contributed by atoms with Gasteiger partial charge in [-0.25, -0.2) is 0 Å². The fourth-order valence-corrected chi connectivity index (χ4v) is 2.18. The molecule has 3 nitrogen and oxygen atoms in total. The molecule has 0 aromatic carbocycles. The largest absolute Gasteiger partial charge is 0.451 e. The second-order valence-corrected chi connectivity index (χ2v) is 4.20. The van der Waals surface area contributed by atoms with Gasteiger partial charge >= 0.3 is 5.97 Å². The number of Topliss-reactive ketones (excluding diaryl/α,β-unsaturated/α-hetero) is 1. The number of hydrogen-bond donors (Lipinski definition) is 0. The van der Waals surface area contributed by atoms with Crippen molar-refractivity contribution in [3.05, 3.63) is 0 Å². The maximum Gasteiger partial charge on any atom is 0.306 e. The van der Waals surface area contributed by atoms with Crippen LogP contribution < -0.4 is 0 Å². The van der Waals surface area contributed by atoms with Gasteiger partial charge in [-0.1, -0.05) is 20.3 Å². The summed E-state index contributed by atoms with van der Waals surface area (Å²) in [6, 6.07) is 0. The molecule has 0 saturated heterocycles. The van der Waals surface area contributed by atoms with E-state index in [4.69, 9.17) is 4.74 Å². The average molecular weight is 212 g/mol. The van der Waals surface area contributed by atoms with Gasteiger partial charge in [-0.05, 0) is 25.7 Å². The predicted octanol–water partition coefficient (Wildman–Crippen LogP) is 2.62. The molecule has 1 atom stereocenters. The van der Waals surface area contributed by atoms with Crippen molar-refractivity contribution in [2.45, 2.75) is 64.4 Å². The first kappa shape index (κ1) is 12.2. The highest BCUT2D eigenvalue weighted by Crippen LogP contribution is 2.33. The third kappa shape index (κ3) is 2.80. The van der Waals surface area contributed by atoms with Crippen LogP contribution in [-0.2, 0) is 14.3 Å². The second kappa shape index (κ2) is 5.29. The lowest BCUT2D eigenvalue weighted by Crippen LogP contribution is -2.45. The number of carbonyl (C=O) groups is 2. The topological polar surface area (TPSA) is 43.4 Å². The van der Waals surface area contributed by atoms with E-state index in [9.17, 15) is 9.59 Å². The molecule has 0 heterocycles. The molecule has 86 valence electrons. The maximum absolute atomic E-state index is 11.9. The smallest absolute Gasteiger partial charge is 0.306 e.